The van der Waals surface area contributed by atoms with Crippen LogP contribution >= 0.6 is 0 Å². The lowest BCUT2D eigenvalue weighted by Crippen LogP contribution is -2.43. The monoisotopic (exact) mass is 313 g/mol. The first kappa shape index (κ1) is 16.2. The Morgan fingerprint density at radius 1 is 1.38 bits per heavy atom. The number of nitrogens with zero attached hydrogens (tertiary/aromatic N) is 1. The van der Waals surface area contributed by atoms with Crippen molar-refractivity contribution in [2.75, 3.05) is 5.75 Å². The van der Waals surface area contributed by atoms with Crippen molar-refractivity contribution in [3.8, 4) is 5.75 Å². The van der Waals surface area contributed by atoms with Gasteiger partial charge in [-0.2, -0.15) is 0 Å². The second kappa shape index (κ2) is 6.72. The van der Waals surface area contributed by atoms with Crippen molar-refractivity contribution in [1.82, 2.24) is 10.4 Å². The molecule has 3 N–H and O–H groups in total. The molecule has 1 aromatic heterocycles. The molecule has 0 radical (unpaired) electrons. The molecule has 0 saturated carbocycles. The van der Waals surface area contributed by atoms with Crippen molar-refractivity contribution in [1.29, 1.82) is 0 Å². The second-order valence-corrected chi connectivity index (χ2v) is 8.01. The second-order valence-electron chi connectivity index (χ2n) is 5.67. The van der Waals surface area contributed by atoms with E-state index in [0.29, 0.717) is 12.2 Å². The normalized spacial score (nSPS) is 23.0. The molecule has 1 aliphatic heterocycles. The molecule has 118 valence electrons. The highest BCUT2D eigenvalue weighted by Gasteiger charge is 2.36. The van der Waals surface area contributed by atoms with Gasteiger partial charge in [-0.15, -0.1) is 0 Å². The number of hydrogen-bond acceptors (Lipinski definition) is 6. The summed E-state index contributed by atoms with van der Waals surface area (Å²) in [6, 6.07) is 1.35. The maximum absolute atomic E-state index is 12.3. The molecule has 0 spiro atoms. The fraction of sp³-hybridized carbons (Fsp3) is 0.643. The van der Waals surface area contributed by atoms with Crippen LogP contribution in [0.25, 0.3) is 0 Å². The Hall–Kier alpha value is -1.18. The van der Waals surface area contributed by atoms with Crippen LogP contribution in [0.3, 0.4) is 0 Å². The average Bonchev–Trinajstić information content (AvgIpc) is 2.41. The zero-order valence-electron chi connectivity index (χ0n) is 12.5. The lowest BCUT2D eigenvalue weighted by molar-refractivity contribution is 0.241. The highest BCUT2D eigenvalue weighted by atomic mass is 32.2. The third-order valence-electron chi connectivity index (χ3n) is 3.65. The number of rotatable bonds is 5. The van der Waals surface area contributed by atoms with Gasteiger partial charge in [0, 0.05) is 6.20 Å². The summed E-state index contributed by atoms with van der Waals surface area (Å²) in [5.74, 6) is 6.47. The van der Waals surface area contributed by atoms with E-state index in [0.717, 1.165) is 18.4 Å². The molecule has 2 unspecified atom stereocenters. The van der Waals surface area contributed by atoms with Gasteiger partial charge >= 0.3 is 0 Å². The zero-order valence-corrected chi connectivity index (χ0v) is 13.3. The summed E-state index contributed by atoms with van der Waals surface area (Å²) in [5.41, 5.74) is 3.39. The molecule has 1 fully saturated rings. The van der Waals surface area contributed by atoms with Crippen LogP contribution in [-0.2, 0) is 9.84 Å². The SMILES string of the molecule is CC(C)Oc1cncc(C(NN)C2CCCCS2(=O)=O)c1. The first-order chi connectivity index (χ1) is 9.94. The van der Waals surface area contributed by atoms with Gasteiger partial charge in [0.05, 0.1) is 29.3 Å². The van der Waals surface area contributed by atoms with Gasteiger partial charge in [-0.3, -0.25) is 16.3 Å². The van der Waals surface area contributed by atoms with Crippen LogP contribution in [0.4, 0.5) is 0 Å². The van der Waals surface area contributed by atoms with Gasteiger partial charge in [-0.25, -0.2) is 8.42 Å². The first-order valence-electron chi connectivity index (χ1n) is 7.23. The summed E-state index contributed by atoms with van der Waals surface area (Å²) in [6.07, 6.45) is 5.54. The zero-order chi connectivity index (χ0) is 15.5. The Labute approximate surface area is 126 Å². The fourth-order valence-corrected chi connectivity index (χ4v) is 4.80. The van der Waals surface area contributed by atoms with Gasteiger partial charge in [-0.05, 0) is 38.3 Å². The average molecular weight is 313 g/mol. The molecule has 7 heteroatoms. The molecule has 1 aromatic rings. The van der Waals surface area contributed by atoms with Gasteiger partial charge in [0.15, 0.2) is 9.84 Å². The number of nitrogens with one attached hydrogen (secondary N) is 1. The van der Waals surface area contributed by atoms with E-state index in [2.05, 4.69) is 10.4 Å². The Balaban J connectivity index is 2.28. The summed E-state index contributed by atoms with van der Waals surface area (Å²) in [6.45, 7) is 3.86. The number of pyridine rings is 1. The molecule has 2 atom stereocenters. The smallest absolute Gasteiger partial charge is 0.155 e. The third-order valence-corrected chi connectivity index (χ3v) is 5.93. The molecule has 0 bridgehead atoms. The van der Waals surface area contributed by atoms with Crippen molar-refractivity contribution in [3.63, 3.8) is 0 Å². The number of nitrogens with two attached hydrogens (primary N) is 1. The Kier molecular flexibility index (Phi) is 5.18. The van der Waals surface area contributed by atoms with E-state index >= 15 is 0 Å². The van der Waals surface area contributed by atoms with Gasteiger partial charge in [0.25, 0.3) is 0 Å². The van der Waals surface area contributed by atoms with E-state index in [1.165, 1.54) is 0 Å². The number of ether oxygens (including phenoxy) is 1. The van der Waals surface area contributed by atoms with E-state index in [4.69, 9.17) is 10.6 Å². The molecule has 1 saturated heterocycles. The number of aromatic nitrogens is 1. The topological polar surface area (TPSA) is 94.3 Å². The van der Waals surface area contributed by atoms with Crippen LogP contribution in [0.5, 0.6) is 5.75 Å². The van der Waals surface area contributed by atoms with E-state index < -0.39 is 21.1 Å². The summed E-state index contributed by atoms with van der Waals surface area (Å²) < 4.78 is 30.2. The number of hydrazine groups is 1. The Morgan fingerprint density at radius 2 is 2.14 bits per heavy atom. The van der Waals surface area contributed by atoms with Gasteiger partial charge in [-0.1, -0.05) is 6.42 Å². The molecule has 2 heterocycles. The van der Waals surface area contributed by atoms with E-state index in [9.17, 15) is 8.42 Å². The Morgan fingerprint density at radius 3 is 2.76 bits per heavy atom. The summed E-state index contributed by atoms with van der Waals surface area (Å²) in [7, 11) is -3.13. The minimum Gasteiger partial charge on any atom is -0.489 e. The van der Waals surface area contributed by atoms with Crippen LogP contribution in [0, 0.1) is 0 Å². The van der Waals surface area contributed by atoms with Gasteiger partial charge in [0.1, 0.15) is 5.75 Å². The van der Waals surface area contributed by atoms with Crippen molar-refractivity contribution >= 4 is 9.84 Å². The standard InChI is InChI=1S/C14H23N3O3S/c1-10(2)20-12-7-11(8-16-9-12)14(17-15)13-5-3-4-6-21(13,18)19/h7-10,13-14,17H,3-6,15H2,1-2H3. The third kappa shape index (κ3) is 3.93. The lowest BCUT2D eigenvalue weighted by Gasteiger charge is -2.29. The van der Waals surface area contributed by atoms with Crippen molar-refractivity contribution in [2.45, 2.75) is 50.5 Å². The van der Waals surface area contributed by atoms with Crippen LogP contribution in [0.15, 0.2) is 18.5 Å². The van der Waals surface area contributed by atoms with E-state index in [1.807, 2.05) is 19.9 Å². The molecule has 0 amide bonds. The molecular weight excluding hydrogens is 290 g/mol. The van der Waals surface area contributed by atoms with Crippen molar-refractivity contribution in [2.24, 2.45) is 5.84 Å². The minimum atomic E-state index is -3.13. The fourth-order valence-electron chi connectivity index (χ4n) is 2.71. The maximum Gasteiger partial charge on any atom is 0.155 e. The minimum absolute atomic E-state index is 0.0322. The maximum atomic E-state index is 12.3. The van der Waals surface area contributed by atoms with Crippen LogP contribution in [-0.4, -0.2) is 30.5 Å². The molecule has 6 nitrogen and oxygen atoms in total. The molecule has 2 rings (SSSR count). The molecular formula is C14H23N3O3S. The summed E-state index contributed by atoms with van der Waals surface area (Å²) >= 11 is 0. The molecule has 0 aromatic carbocycles. The van der Waals surface area contributed by atoms with Crippen molar-refractivity contribution in [3.05, 3.63) is 24.0 Å². The molecule has 0 aliphatic carbocycles. The van der Waals surface area contributed by atoms with Crippen LogP contribution in [0.2, 0.25) is 0 Å². The predicted molar refractivity (Wildman–Crippen MR) is 81.5 cm³/mol. The van der Waals surface area contributed by atoms with Crippen LogP contribution < -0.4 is 16.0 Å². The summed E-state index contributed by atoms with van der Waals surface area (Å²) in [4.78, 5) is 4.13. The number of hydrogen-bond donors (Lipinski definition) is 2. The molecule has 21 heavy (non-hydrogen) atoms. The quantitative estimate of drug-likeness (QED) is 0.629. The van der Waals surface area contributed by atoms with E-state index in [-0.39, 0.29) is 11.9 Å². The van der Waals surface area contributed by atoms with Gasteiger partial charge < -0.3 is 4.74 Å². The number of sulfone groups is 1. The van der Waals surface area contributed by atoms with Crippen molar-refractivity contribution < 1.29 is 13.2 Å². The summed E-state index contributed by atoms with van der Waals surface area (Å²) in [5, 5.41) is -0.507. The van der Waals surface area contributed by atoms with Crippen LogP contribution in [0.1, 0.15) is 44.7 Å². The highest BCUT2D eigenvalue weighted by Crippen LogP contribution is 2.31. The molecule has 1 aliphatic rings. The van der Waals surface area contributed by atoms with Gasteiger partial charge in [0.2, 0.25) is 0 Å². The van der Waals surface area contributed by atoms with E-state index in [1.54, 1.807) is 12.4 Å². The predicted octanol–water partition coefficient (Wildman–Crippen LogP) is 1.34. The first-order valence-corrected chi connectivity index (χ1v) is 8.95. The highest BCUT2D eigenvalue weighted by molar-refractivity contribution is 7.92. The largest absolute Gasteiger partial charge is 0.489 e. The lowest BCUT2D eigenvalue weighted by atomic mass is 10.0. The Bertz CT molecular complexity index is 575.